The fraction of sp³-hybridized carbons (Fsp3) is 0.556. The maximum atomic E-state index is 5.21. The van der Waals surface area contributed by atoms with Crippen LogP contribution in [0.2, 0.25) is 0 Å². The largest absolute Gasteiger partial charge is 0.366 e. The molecule has 0 N–H and O–H groups in total. The van der Waals surface area contributed by atoms with Crippen molar-refractivity contribution >= 4 is 15.9 Å². The van der Waals surface area contributed by atoms with Crippen molar-refractivity contribution in [1.29, 1.82) is 0 Å². The van der Waals surface area contributed by atoms with E-state index in [2.05, 4.69) is 25.9 Å². The number of aromatic nitrogens is 2. The number of hydrogen-bond donors (Lipinski definition) is 0. The lowest BCUT2D eigenvalue weighted by atomic mass is 10.3. The molecule has 1 saturated heterocycles. The van der Waals surface area contributed by atoms with Crippen molar-refractivity contribution in [2.24, 2.45) is 0 Å². The first kappa shape index (κ1) is 7.88. The zero-order valence-corrected chi connectivity index (χ0v) is 8.62. The highest BCUT2D eigenvalue weighted by molar-refractivity contribution is 9.10. The van der Waals surface area contributed by atoms with Crippen molar-refractivity contribution in [3.8, 4) is 0 Å². The molecule has 0 bridgehead atoms. The predicted molar refractivity (Wildman–Crippen MR) is 50.4 cm³/mol. The van der Waals surface area contributed by atoms with Crippen molar-refractivity contribution in [3.05, 3.63) is 22.2 Å². The van der Waals surface area contributed by atoms with Crippen LogP contribution in [0.1, 0.15) is 36.4 Å². The second kappa shape index (κ2) is 2.75. The highest BCUT2D eigenvalue weighted by Gasteiger charge is 2.32. The molecule has 0 aromatic carbocycles. The van der Waals surface area contributed by atoms with E-state index in [1.807, 2.05) is 6.20 Å². The standard InChI is InChI=1S/C9H9BrN2O/c10-6-3-11-9(5-1-2-5)12-8(6)7-4-13-7/h3,5,7H,1-2,4H2. The molecule has 0 amide bonds. The van der Waals surface area contributed by atoms with E-state index in [-0.39, 0.29) is 6.10 Å². The highest BCUT2D eigenvalue weighted by atomic mass is 79.9. The minimum atomic E-state index is 0.217. The Morgan fingerprint density at radius 1 is 1.46 bits per heavy atom. The SMILES string of the molecule is Brc1cnc(C2CC2)nc1C1CO1. The smallest absolute Gasteiger partial charge is 0.131 e. The normalized spacial score (nSPS) is 26.1. The molecule has 1 aromatic heterocycles. The van der Waals surface area contributed by atoms with Crippen LogP contribution in [0.3, 0.4) is 0 Å². The lowest BCUT2D eigenvalue weighted by molar-refractivity contribution is 0.409. The Hall–Kier alpha value is -0.480. The zero-order valence-electron chi connectivity index (χ0n) is 7.03. The molecule has 3 rings (SSSR count). The Balaban J connectivity index is 1.99. The molecular formula is C9H9BrN2O. The van der Waals surface area contributed by atoms with E-state index in [1.54, 1.807) is 0 Å². The zero-order chi connectivity index (χ0) is 8.84. The second-order valence-corrected chi connectivity index (χ2v) is 4.41. The summed E-state index contributed by atoms with van der Waals surface area (Å²) in [5.74, 6) is 1.61. The molecule has 3 nitrogen and oxygen atoms in total. The molecule has 4 heteroatoms. The van der Waals surface area contributed by atoms with Crippen molar-refractivity contribution in [1.82, 2.24) is 9.97 Å². The van der Waals surface area contributed by atoms with Crippen LogP contribution in [-0.4, -0.2) is 16.6 Å². The van der Waals surface area contributed by atoms with Gasteiger partial charge in [-0.1, -0.05) is 0 Å². The molecule has 1 atom stereocenters. The fourth-order valence-corrected chi connectivity index (χ4v) is 1.81. The van der Waals surface area contributed by atoms with Crippen molar-refractivity contribution < 1.29 is 4.74 Å². The molecular weight excluding hydrogens is 232 g/mol. The Labute approximate surface area is 84.7 Å². The molecule has 2 heterocycles. The van der Waals surface area contributed by atoms with E-state index >= 15 is 0 Å². The van der Waals surface area contributed by atoms with Gasteiger partial charge in [0, 0.05) is 12.1 Å². The molecule has 2 aliphatic rings. The third-order valence-electron chi connectivity index (χ3n) is 2.37. The minimum absolute atomic E-state index is 0.217. The van der Waals surface area contributed by atoms with Gasteiger partial charge >= 0.3 is 0 Å². The number of nitrogens with zero attached hydrogens (tertiary/aromatic N) is 2. The summed E-state index contributed by atoms with van der Waals surface area (Å²) in [7, 11) is 0. The van der Waals surface area contributed by atoms with Crippen LogP contribution in [0.15, 0.2) is 10.7 Å². The number of rotatable bonds is 2. The fourth-order valence-electron chi connectivity index (χ4n) is 1.36. The van der Waals surface area contributed by atoms with Gasteiger partial charge in [-0.25, -0.2) is 9.97 Å². The summed E-state index contributed by atoms with van der Waals surface area (Å²) in [6, 6.07) is 0. The van der Waals surface area contributed by atoms with Gasteiger partial charge in [0.15, 0.2) is 0 Å². The molecule has 0 spiro atoms. The minimum Gasteiger partial charge on any atom is -0.366 e. The quantitative estimate of drug-likeness (QED) is 0.745. The highest BCUT2D eigenvalue weighted by Crippen LogP contribution is 2.40. The molecule has 1 aliphatic carbocycles. The van der Waals surface area contributed by atoms with Crippen LogP contribution in [0, 0.1) is 0 Å². The average Bonchev–Trinajstić information content (AvgIpc) is 3.00. The first-order chi connectivity index (χ1) is 6.34. The lowest BCUT2D eigenvalue weighted by Crippen LogP contribution is -1.98. The van der Waals surface area contributed by atoms with Gasteiger partial charge in [0.2, 0.25) is 0 Å². The van der Waals surface area contributed by atoms with Gasteiger partial charge in [0.25, 0.3) is 0 Å². The Kier molecular flexibility index (Phi) is 1.67. The van der Waals surface area contributed by atoms with Gasteiger partial charge in [-0.05, 0) is 28.8 Å². The van der Waals surface area contributed by atoms with Crippen molar-refractivity contribution in [2.45, 2.75) is 24.9 Å². The summed E-state index contributed by atoms with van der Waals surface area (Å²) >= 11 is 3.44. The van der Waals surface area contributed by atoms with Gasteiger partial charge in [-0.3, -0.25) is 0 Å². The van der Waals surface area contributed by atoms with E-state index in [4.69, 9.17) is 4.74 Å². The summed E-state index contributed by atoms with van der Waals surface area (Å²) in [6.45, 7) is 0.805. The number of ether oxygens (including phenoxy) is 1. The third kappa shape index (κ3) is 1.48. The third-order valence-corrected chi connectivity index (χ3v) is 2.98. The van der Waals surface area contributed by atoms with Gasteiger partial charge in [0.05, 0.1) is 16.8 Å². The molecule has 68 valence electrons. The van der Waals surface area contributed by atoms with Crippen LogP contribution < -0.4 is 0 Å². The van der Waals surface area contributed by atoms with Crippen LogP contribution in [-0.2, 0) is 4.74 Å². The maximum absolute atomic E-state index is 5.21. The average molecular weight is 241 g/mol. The van der Waals surface area contributed by atoms with Crippen molar-refractivity contribution in [3.63, 3.8) is 0 Å². The van der Waals surface area contributed by atoms with Crippen LogP contribution in [0.4, 0.5) is 0 Å². The van der Waals surface area contributed by atoms with Crippen LogP contribution >= 0.6 is 15.9 Å². The van der Waals surface area contributed by atoms with E-state index in [1.165, 1.54) is 12.8 Å². The monoisotopic (exact) mass is 240 g/mol. The van der Waals surface area contributed by atoms with Crippen LogP contribution in [0.5, 0.6) is 0 Å². The topological polar surface area (TPSA) is 38.3 Å². The van der Waals surface area contributed by atoms with E-state index < -0.39 is 0 Å². The molecule has 1 saturated carbocycles. The first-order valence-electron chi connectivity index (χ1n) is 4.48. The number of hydrogen-bond acceptors (Lipinski definition) is 3. The number of epoxide rings is 1. The molecule has 1 unspecified atom stereocenters. The van der Waals surface area contributed by atoms with Gasteiger partial charge < -0.3 is 4.74 Å². The summed E-state index contributed by atoms with van der Waals surface area (Å²) in [6.07, 6.45) is 4.55. The Bertz CT molecular complexity index is 347. The maximum Gasteiger partial charge on any atom is 0.131 e. The molecule has 1 aliphatic heterocycles. The summed E-state index contributed by atoms with van der Waals surface area (Å²) in [5.41, 5.74) is 1.02. The molecule has 2 fully saturated rings. The van der Waals surface area contributed by atoms with Crippen molar-refractivity contribution in [2.75, 3.05) is 6.61 Å². The summed E-state index contributed by atoms with van der Waals surface area (Å²) in [4.78, 5) is 8.81. The van der Waals surface area contributed by atoms with Gasteiger partial charge in [-0.15, -0.1) is 0 Å². The van der Waals surface area contributed by atoms with E-state index in [9.17, 15) is 0 Å². The first-order valence-corrected chi connectivity index (χ1v) is 5.28. The van der Waals surface area contributed by atoms with E-state index in [0.717, 1.165) is 22.6 Å². The Morgan fingerprint density at radius 2 is 2.23 bits per heavy atom. The predicted octanol–water partition coefficient (Wildman–Crippen LogP) is 2.19. The summed E-state index contributed by atoms with van der Waals surface area (Å²) < 4.78 is 6.18. The van der Waals surface area contributed by atoms with E-state index in [0.29, 0.717) is 5.92 Å². The van der Waals surface area contributed by atoms with Crippen LogP contribution in [0.25, 0.3) is 0 Å². The van der Waals surface area contributed by atoms with Gasteiger partial charge in [0.1, 0.15) is 11.9 Å². The second-order valence-electron chi connectivity index (χ2n) is 3.56. The molecule has 1 aromatic rings. The summed E-state index contributed by atoms with van der Waals surface area (Å²) in [5, 5.41) is 0. The Morgan fingerprint density at radius 3 is 2.85 bits per heavy atom. The molecule has 13 heavy (non-hydrogen) atoms. The van der Waals surface area contributed by atoms with Gasteiger partial charge in [-0.2, -0.15) is 0 Å². The molecule has 0 radical (unpaired) electrons. The number of halogens is 1. The lowest BCUT2D eigenvalue weighted by Gasteiger charge is -2.01.